The first-order valence-electron chi connectivity index (χ1n) is 4.69. The van der Waals surface area contributed by atoms with Crippen molar-refractivity contribution in [3.8, 4) is 0 Å². The molecule has 0 aromatic heterocycles. The second kappa shape index (κ2) is 6.75. The molecule has 1 atom stereocenters. The van der Waals surface area contributed by atoms with E-state index in [0.29, 0.717) is 6.54 Å². The molecule has 0 aliphatic rings. The van der Waals surface area contributed by atoms with Crippen molar-refractivity contribution in [2.45, 2.75) is 18.9 Å². The Labute approximate surface area is 84.8 Å². The van der Waals surface area contributed by atoms with Gasteiger partial charge in [-0.15, -0.1) is 0 Å². The Morgan fingerprint density at radius 3 is 2.57 bits per heavy atom. The van der Waals surface area contributed by atoms with Crippen LogP contribution in [0.5, 0.6) is 0 Å². The third kappa shape index (κ3) is 4.55. The summed E-state index contributed by atoms with van der Waals surface area (Å²) < 4.78 is 4.87. The van der Waals surface area contributed by atoms with Crippen molar-refractivity contribution in [3.05, 3.63) is 0 Å². The van der Waals surface area contributed by atoms with Crippen molar-refractivity contribution < 1.29 is 14.6 Å². The maximum absolute atomic E-state index is 10.9. The van der Waals surface area contributed by atoms with Gasteiger partial charge in [0.25, 0.3) is 0 Å². The summed E-state index contributed by atoms with van der Waals surface area (Å²) in [6, 6.07) is 0. The lowest BCUT2D eigenvalue weighted by Crippen LogP contribution is -2.53. The highest BCUT2D eigenvalue weighted by molar-refractivity contribution is 5.78. The zero-order valence-electron chi connectivity index (χ0n) is 9.09. The normalized spacial score (nSPS) is 15.1. The fraction of sp³-hybridized carbons (Fsp3) is 0.889. The first-order chi connectivity index (χ1) is 6.56. The Balaban J connectivity index is 3.90. The summed E-state index contributed by atoms with van der Waals surface area (Å²) in [5.74, 6) is -0.885. The highest BCUT2D eigenvalue weighted by atomic mass is 16.5. The van der Waals surface area contributed by atoms with Gasteiger partial charge >= 0.3 is 5.97 Å². The lowest BCUT2D eigenvalue weighted by atomic mass is 10.0. The van der Waals surface area contributed by atoms with Crippen molar-refractivity contribution in [2.24, 2.45) is 0 Å². The van der Waals surface area contributed by atoms with Crippen molar-refractivity contribution in [3.63, 3.8) is 0 Å². The number of aliphatic carboxylic acids is 1. The van der Waals surface area contributed by atoms with Gasteiger partial charge in [0.2, 0.25) is 0 Å². The lowest BCUT2D eigenvalue weighted by Gasteiger charge is -2.25. The van der Waals surface area contributed by atoms with Crippen LogP contribution < -0.4 is 10.6 Å². The van der Waals surface area contributed by atoms with Crippen LogP contribution in [0, 0.1) is 0 Å². The minimum atomic E-state index is -0.984. The average molecular weight is 204 g/mol. The Morgan fingerprint density at radius 1 is 1.50 bits per heavy atom. The van der Waals surface area contributed by atoms with Crippen molar-refractivity contribution in [2.75, 3.05) is 33.9 Å². The molecule has 0 heterocycles. The molecule has 0 fully saturated rings. The number of methoxy groups -OCH3 is 1. The van der Waals surface area contributed by atoms with Gasteiger partial charge in [-0.3, -0.25) is 4.79 Å². The predicted molar refractivity (Wildman–Crippen MR) is 54.5 cm³/mol. The molecule has 1 unspecified atom stereocenters. The topological polar surface area (TPSA) is 70.6 Å². The summed E-state index contributed by atoms with van der Waals surface area (Å²) >= 11 is 0. The van der Waals surface area contributed by atoms with E-state index in [0.717, 1.165) is 13.0 Å². The SMILES string of the molecule is CNCCCNC(C)(COC)C(=O)O. The van der Waals surface area contributed by atoms with Gasteiger partial charge < -0.3 is 20.5 Å². The molecule has 0 aliphatic carbocycles. The average Bonchev–Trinajstić information content (AvgIpc) is 2.13. The third-order valence-corrected chi connectivity index (χ3v) is 2.02. The quantitative estimate of drug-likeness (QED) is 0.472. The number of hydrogen-bond acceptors (Lipinski definition) is 4. The van der Waals surface area contributed by atoms with Gasteiger partial charge in [-0.05, 0) is 33.5 Å². The molecule has 84 valence electrons. The first kappa shape index (κ1) is 13.4. The van der Waals surface area contributed by atoms with E-state index in [-0.39, 0.29) is 6.61 Å². The van der Waals surface area contributed by atoms with E-state index in [1.54, 1.807) is 6.92 Å². The summed E-state index contributed by atoms with van der Waals surface area (Å²) in [6.07, 6.45) is 0.892. The summed E-state index contributed by atoms with van der Waals surface area (Å²) in [5, 5.41) is 14.9. The number of nitrogens with one attached hydrogen (secondary N) is 2. The number of carbonyl (C=O) groups is 1. The van der Waals surface area contributed by atoms with Crippen LogP contribution in [0.3, 0.4) is 0 Å². The van der Waals surface area contributed by atoms with Crippen LogP contribution in [0.4, 0.5) is 0 Å². The predicted octanol–water partition coefficient (Wildman–Crippen LogP) is -0.325. The number of hydrogen-bond donors (Lipinski definition) is 3. The maximum atomic E-state index is 10.9. The van der Waals surface area contributed by atoms with Crippen LogP contribution in [0.1, 0.15) is 13.3 Å². The molecule has 0 saturated carbocycles. The molecule has 0 radical (unpaired) electrons. The Morgan fingerprint density at radius 2 is 2.14 bits per heavy atom. The zero-order chi connectivity index (χ0) is 11.0. The van der Waals surface area contributed by atoms with Crippen molar-refractivity contribution in [1.82, 2.24) is 10.6 Å². The monoisotopic (exact) mass is 204 g/mol. The molecule has 0 bridgehead atoms. The molecule has 0 amide bonds. The molecule has 0 spiro atoms. The number of carboxylic acids is 1. The fourth-order valence-electron chi connectivity index (χ4n) is 1.11. The highest BCUT2D eigenvalue weighted by Crippen LogP contribution is 2.04. The minimum absolute atomic E-state index is 0.169. The third-order valence-electron chi connectivity index (χ3n) is 2.02. The summed E-state index contributed by atoms with van der Waals surface area (Å²) in [6.45, 7) is 3.32. The van der Waals surface area contributed by atoms with E-state index in [1.165, 1.54) is 7.11 Å². The Kier molecular flexibility index (Phi) is 6.44. The standard InChI is InChI=1S/C9H20N2O3/c1-9(7-14-3,8(12)13)11-6-4-5-10-2/h10-11H,4-7H2,1-3H3,(H,12,13). The van der Waals surface area contributed by atoms with E-state index < -0.39 is 11.5 Å². The largest absolute Gasteiger partial charge is 0.480 e. The van der Waals surface area contributed by atoms with Crippen LogP contribution in [0.2, 0.25) is 0 Å². The lowest BCUT2D eigenvalue weighted by molar-refractivity contribution is -0.146. The van der Waals surface area contributed by atoms with Crippen molar-refractivity contribution >= 4 is 5.97 Å². The summed E-state index contributed by atoms with van der Waals surface area (Å²) in [7, 11) is 3.36. The Hall–Kier alpha value is -0.650. The number of ether oxygens (including phenoxy) is 1. The molecule has 0 saturated heterocycles. The molecule has 0 aliphatic heterocycles. The van der Waals surface area contributed by atoms with Gasteiger partial charge in [-0.1, -0.05) is 0 Å². The van der Waals surface area contributed by atoms with E-state index >= 15 is 0 Å². The number of carboxylic acid groups (broad SMARTS) is 1. The summed E-state index contributed by atoms with van der Waals surface area (Å²) in [5.41, 5.74) is -0.984. The maximum Gasteiger partial charge on any atom is 0.326 e. The fourth-order valence-corrected chi connectivity index (χ4v) is 1.11. The molecule has 0 rings (SSSR count). The molecule has 3 N–H and O–H groups in total. The first-order valence-corrected chi connectivity index (χ1v) is 4.69. The zero-order valence-corrected chi connectivity index (χ0v) is 9.09. The highest BCUT2D eigenvalue weighted by Gasteiger charge is 2.32. The van der Waals surface area contributed by atoms with Gasteiger partial charge in [0.05, 0.1) is 6.61 Å². The van der Waals surface area contributed by atoms with Gasteiger partial charge in [0.1, 0.15) is 5.54 Å². The van der Waals surface area contributed by atoms with Crippen molar-refractivity contribution in [1.29, 1.82) is 0 Å². The molecule has 5 nitrogen and oxygen atoms in total. The van der Waals surface area contributed by atoms with E-state index in [1.807, 2.05) is 7.05 Å². The van der Waals surface area contributed by atoms with Crippen LogP contribution in [0.15, 0.2) is 0 Å². The van der Waals surface area contributed by atoms with Crippen LogP contribution in [-0.4, -0.2) is 50.5 Å². The molecule has 5 heteroatoms. The molecular weight excluding hydrogens is 184 g/mol. The second-order valence-electron chi connectivity index (χ2n) is 3.45. The Bertz CT molecular complexity index is 175. The molecule has 0 aromatic carbocycles. The van der Waals surface area contributed by atoms with E-state index in [2.05, 4.69) is 10.6 Å². The van der Waals surface area contributed by atoms with Gasteiger partial charge in [-0.25, -0.2) is 0 Å². The van der Waals surface area contributed by atoms with Crippen LogP contribution >= 0.6 is 0 Å². The molecule has 14 heavy (non-hydrogen) atoms. The van der Waals surface area contributed by atoms with Gasteiger partial charge in [-0.2, -0.15) is 0 Å². The molecule has 0 aromatic rings. The molecular formula is C9H20N2O3. The van der Waals surface area contributed by atoms with Gasteiger partial charge in [0, 0.05) is 7.11 Å². The van der Waals surface area contributed by atoms with Gasteiger partial charge in [0.15, 0.2) is 0 Å². The van der Waals surface area contributed by atoms with Crippen LogP contribution in [-0.2, 0) is 9.53 Å². The smallest absolute Gasteiger partial charge is 0.326 e. The van der Waals surface area contributed by atoms with E-state index in [9.17, 15) is 4.79 Å². The minimum Gasteiger partial charge on any atom is -0.480 e. The van der Waals surface area contributed by atoms with E-state index in [4.69, 9.17) is 9.84 Å². The summed E-state index contributed by atoms with van der Waals surface area (Å²) in [4.78, 5) is 10.9. The number of rotatable bonds is 8. The second-order valence-corrected chi connectivity index (χ2v) is 3.45. The van der Waals surface area contributed by atoms with Crippen LogP contribution in [0.25, 0.3) is 0 Å².